The topological polar surface area (TPSA) is 56.0 Å². The van der Waals surface area contributed by atoms with Crippen LogP contribution in [0, 0.1) is 20.8 Å². The third kappa shape index (κ3) is 2.77. The number of rotatable bonds is 3. The van der Waals surface area contributed by atoms with Gasteiger partial charge in [0.1, 0.15) is 12.4 Å². The minimum absolute atomic E-state index is 0.139. The van der Waals surface area contributed by atoms with Crippen LogP contribution in [0.5, 0.6) is 0 Å². The largest absolute Gasteiger partial charge is 0.340 e. The van der Waals surface area contributed by atoms with Crippen molar-refractivity contribution in [2.75, 3.05) is 13.1 Å². The van der Waals surface area contributed by atoms with Crippen LogP contribution >= 0.6 is 0 Å². The number of carbonyl (C=O) groups is 1. The summed E-state index contributed by atoms with van der Waals surface area (Å²) in [5, 5.41) is 4.37. The molecule has 22 heavy (non-hydrogen) atoms. The Morgan fingerprint density at radius 3 is 2.68 bits per heavy atom. The molecule has 0 aromatic carbocycles. The first-order valence-corrected chi connectivity index (χ1v) is 7.72. The highest BCUT2D eigenvalue weighted by atomic mass is 16.2. The molecule has 118 valence electrons. The molecule has 0 aliphatic carbocycles. The lowest BCUT2D eigenvalue weighted by molar-refractivity contribution is -0.131. The van der Waals surface area contributed by atoms with Gasteiger partial charge in [-0.3, -0.25) is 9.48 Å². The van der Waals surface area contributed by atoms with E-state index in [2.05, 4.69) is 14.6 Å². The van der Waals surface area contributed by atoms with Crippen molar-refractivity contribution in [2.45, 2.75) is 39.7 Å². The van der Waals surface area contributed by atoms with E-state index in [1.54, 1.807) is 4.68 Å². The molecule has 1 aliphatic rings. The van der Waals surface area contributed by atoms with Crippen LogP contribution in [0.15, 0.2) is 12.3 Å². The van der Waals surface area contributed by atoms with Crippen molar-refractivity contribution in [3.8, 4) is 0 Å². The fraction of sp³-hybridized carbons (Fsp3) is 0.562. The number of amides is 1. The molecule has 0 unspecified atom stereocenters. The van der Waals surface area contributed by atoms with Gasteiger partial charge in [-0.05, 0) is 33.3 Å². The molecule has 3 heterocycles. The Morgan fingerprint density at radius 1 is 1.32 bits per heavy atom. The minimum Gasteiger partial charge on any atom is -0.340 e. The fourth-order valence-corrected chi connectivity index (χ4v) is 3.27. The molecular formula is C16H23N5O. The lowest BCUT2D eigenvalue weighted by Gasteiger charge is -2.17. The van der Waals surface area contributed by atoms with E-state index in [-0.39, 0.29) is 5.91 Å². The monoisotopic (exact) mass is 301 g/mol. The highest BCUT2D eigenvalue weighted by molar-refractivity contribution is 5.76. The molecule has 2 aromatic heterocycles. The molecule has 1 atom stereocenters. The fourth-order valence-electron chi connectivity index (χ4n) is 3.27. The second-order valence-corrected chi connectivity index (χ2v) is 6.26. The Hall–Kier alpha value is -2.11. The highest BCUT2D eigenvalue weighted by Crippen LogP contribution is 2.26. The second kappa shape index (κ2) is 5.59. The summed E-state index contributed by atoms with van der Waals surface area (Å²) in [6.45, 7) is 7.81. The van der Waals surface area contributed by atoms with Crippen molar-refractivity contribution >= 4 is 5.91 Å². The molecule has 2 aromatic rings. The van der Waals surface area contributed by atoms with E-state index >= 15 is 0 Å². The van der Waals surface area contributed by atoms with Crippen LogP contribution < -0.4 is 0 Å². The quantitative estimate of drug-likeness (QED) is 0.864. The predicted octanol–water partition coefficient (Wildman–Crippen LogP) is 1.56. The minimum atomic E-state index is 0.139. The van der Waals surface area contributed by atoms with Gasteiger partial charge in [-0.1, -0.05) is 0 Å². The number of aryl methyl sites for hydroxylation is 4. The first kappa shape index (κ1) is 14.8. The van der Waals surface area contributed by atoms with E-state index in [1.807, 2.05) is 45.0 Å². The lowest BCUT2D eigenvalue weighted by atomic mass is 10.1. The predicted molar refractivity (Wildman–Crippen MR) is 83.6 cm³/mol. The van der Waals surface area contributed by atoms with Crippen molar-refractivity contribution < 1.29 is 4.79 Å². The van der Waals surface area contributed by atoms with E-state index in [0.717, 1.165) is 42.4 Å². The molecule has 0 bridgehead atoms. The molecule has 0 spiro atoms. The van der Waals surface area contributed by atoms with Crippen molar-refractivity contribution in [3.05, 3.63) is 35.2 Å². The van der Waals surface area contributed by atoms with Crippen LogP contribution in [0.1, 0.15) is 35.2 Å². The zero-order valence-electron chi connectivity index (χ0n) is 13.7. The van der Waals surface area contributed by atoms with Gasteiger partial charge in [0.2, 0.25) is 5.91 Å². The number of aromatic nitrogens is 4. The average Bonchev–Trinajstić information content (AvgIpc) is 3.10. The summed E-state index contributed by atoms with van der Waals surface area (Å²) in [6.07, 6.45) is 3.02. The van der Waals surface area contributed by atoms with Gasteiger partial charge in [0.15, 0.2) is 0 Å². The molecule has 0 N–H and O–H groups in total. The summed E-state index contributed by atoms with van der Waals surface area (Å²) in [5.41, 5.74) is 3.01. The molecule has 6 nitrogen and oxygen atoms in total. The zero-order chi connectivity index (χ0) is 15.9. The van der Waals surface area contributed by atoms with Gasteiger partial charge in [0.05, 0.1) is 11.4 Å². The van der Waals surface area contributed by atoms with Crippen LogP contribution in [-0.4, -0.2) is 43.2 Å². The first-order valence-electron chi connectivity index (χ1n) is 7.72. The third-order valence-electron chi connectivity index (χ3n) is 4.33. The number of hydrogen-bond donors (Lipinski definition) is 0. The number of hydrogen-bond acceptors (Lipinski definition) is 3. The van der Waals surface area contributed by atoms with Crippen molar-refractivity contribution in [2.24, 2.45) is 7.05 Å². The second-order valence-electron chi connectivity index (χ2n) is 6.26. The van der Waals surface area contributed by atoms with Gasteiger partial charge in [0.25, 0.3) is 0 Å². The molecule has 1 saturated heterocycles. The van der Waals surface area contributed by atoms with Gasteiger partial charge in [-0.15, -0.1) is 0 Å². The SMILES string of the molecule is Cc1cn(C)c([C@H]2CCN(C(=O)Cn3nc(C)cc3C)C2)n1. The summed E-state index contributed by atoms with van der Waals surface area (Å²) < 4.78 is 3.87. The third-order valence-corrected chi connectivity index (χ3v) is 4.33. The molecule has 0 saturated carbocycles. The maximum Gasteiger partial charge on any atom is 0.244 e. The first-order chi connectivity index (χ1) is 10.4. The molecule has 0 radical (unpaired) electrons. The van der Waals surface area contributed by atoms with Gasteiger partial charge in [0, 0.05) is 37.9 Å². The van der Waals surface area contributed by atoms with Crippen LogP contribution in [-0.2, 0) is 18.4 Å². The summed E-state index contributed by atoms with van der Waals surface area (Å²) in [5.74, 6) is 1.56. The number of nitrogens with zero attached hydrogens (tertiary/aromatic N) is 5. The zero-order valence-corrected chi connectivity index (χ0v) is 13.7. The molecule has 3 rings (SSSR count). The van der Waals surface area contributed by atoms with E-state index in [1.165, 1.54) is 0 Å². The molecular weight excluding hydrogens is 278 g/mol. The van der Waals surface area contributed by atoms with Gasteiger partial charge in [-0.25, -0.2) is 4.98 Å². The average molecular weight is 301 g/mol. The summed E-state index contributed by atoms with van der Waals surface area (Å²) in [7, 11) is 2.02. The maximum absolute atomic E-state index is 12.5. The lowest BCUT2D eigenvalue weighted by Crippen LogP contribution is -2.32. The van der Waals surface area contributed by atoms with Crippen LogP contribution in [0.25, 0.3) is 0 Å². The van der Waals surface area contributed by atoms with Crippen molar-refractivity contribution in [1.82, 2.24) is 24.2 Å². The van der Waals surface area contributed by atoms with E-state index in [4.69, 9.17) is 0 Å². The summed E-state index contributed by atoms with van der Waals surface area (Å²) >= 11 is 0. The summed E-state index contributed by atoms with van der Waals surface area (Å²) in [4.78, 5) is 19.0. The van der Waals surface area contributed by atoms with Gasteiger partial charge >= 0.3 is 0 Å². The van der Waals surface area contributed by atoms with Crippen LogP contribution in [0.4, 0.5) is 0 Å². The Bertz CT molecular complexity index is 699. The standard InChI is InChI=1S/C16H23N5O/c1-11-7-13(3)21(18-11)10-15(22)20-6-5-14(9-20)16-17-12(2)8-19(16)4/h7-8,14H,5-6,9-10H2,1-4H3/t14-/m0/s1. The van der Waals surface area contributed by atoms with Crippen molar-refractivity contribution in [1.29, 1.82) is 0 Å². The Labute approximate surface area is 130 Å². The molecule has 1 amide bonds. The van der Waals surface area contributed by atoms with Crippen molar-refractivity contribution in [3.63, 3.8) is 0 Å². The Morgan fingerprint density at radius 2 is 2.09 bits per heavy atom. The summed E-state index contributed by atoms with van der Waals surface area (Å²) in [6, 6.07) is 2.00. The van der Waals surface area contributed by atoms with E-state index < -0.39 is 0 Å². The highest BCUT2D eigenvalue weighted by Gasteiger charge is 2.30. The normalized spacial score (nSPS) is 18.2. The molecule has 6 heteroatoms. The van der Waals surface area contributed by atoms with E-state index in [9.17, 15) is 4.79 Å². The van der Waals surface area contributed by atoms with Gasteiger partial charge < -0.3 is 9.47 Å². The number of carbonyl (C=O) groups excluding carboxylic acids is 1. The van der Waals surface area contributed by atoms with Crippen LogP contribution in [0.2, 0.25) is 0 Å². The van der Waals surface area contributed by atoms with Crippen LogP contribution in [0.3, 0.4) is 0 Å². The number of imidazole rings is 1. The Kier molecular flexibility index (Phi) is 3.76. The molecule has 1 fully saturated rings. The Balaban J connectivity index is 1.66. The molecule has 1 aliphatic heterocycles. The van der Waals surface area contributed by atoms with E-state index in [0.29, 0.717) is 12.5 Å². The smallest absolute Gasteiger partial charge is 0.244 e. The van der Waals surface area contributed by atoms with Gasteiger partial charge in [-0.2, -0.15) is 5.10 Å². The maximum atomic E-state index is 12.5. The number of likely N-dealkylation sites (tertiary alicyclic amines) is 1.